The summed E-state index contributed by atoms with van der Waals surface area (Å²) in [4.78, 5) is 55.8. The first-order valence-corrected chi connectivity index (χ1v) is 13.4. The van der Waals surface area contributed by atoms with Gasteiger partial charge in [-0.1, -0.05) is 41.9 Å². The summed E-state index contributed by atoms with van der Waals surface area (Å²) in [7, 11) is 4.46. The molecule has 1 heterocycles. The van der Waals surface area contributed by atoms with E-state index in [1.807, 2.05) is 30.3 Å². The molecule has 0 saturated heterocycles. The number of benzene rings is 3. The van der Waals surface area contributed by atoms with Crippen LogP contribution in [0.3, 0.4) is 0 Å². The van der Waals surface area contributed by atoms with Crippen molar-refractivity contribution in [3.8, 4) is 5.69 Å². The second-order valence-electron chi connectivity index (χ2n) is 10.8. The summed E-state index contributed by atoms with van der Waals surface area (Å²) in [5, 5.41) is 0.818. The largest absolute Gasteiger partial charge is 0.464 e. The van der Waals surface area contributed by atoms with Gasteiger partial charge in [0.1, 0.15) is 5.69 Å². The molecule has 41 heavy (non-hydrogen) atoms. The first kappa shape index (κ1) is 29.6. The highest BCUT2D eigenvalue weighted by molar-refractivity contribution is 6.31. The number of aromatic nitrogens is 1. The van der Waals surface area contributed by atoms with E-state index >= 15 is 0 Å². The molecule has 4 aromatic rings. The topological polar surface area (TPSA) is 88.9 Å². The lowest BCUT2D eigenvalue weighted by Gasteiger charge is -2.35. The molecule has 8 nitrogen and oxygen atoms in total. The van der Waals surface area contributed by atoms with Crippen molar-refractivity contribution >= 4 is 40.4 Å². The van der Waals surface area contributed by atoms with E-state index in [9.17, 15) is 19.2 Å². The normalized spacial score (nSPS) is 11.3. The number of pyridine rings is 1. The van der Waals surface area contributed by atoms with Crippen LogP contribution in [0.4, 0.5) is 4.79 Å². The summed E-state index contributed by atoms with van der Waals surface area (Å²) in [5.74, 6) is -1.11. The van der Waals surface area contributed by atoms with E-state index in [0.717, 1.165) is 0 Å². The number of hydrogen-bond acceptors (Lipinski definition) is 5. The lowest BCUT2D eigenvalue weighted by atomic mass is 9.98. The van der Waals surface area contributed by atoms with Crippen molar-refractivity contribution in [2.24, 2.45) is 0 Å². The summed E-state index contributed by atoms with van der Waals surface area (Å²) in [6, 6.07) is 20.4. The predicted molar refractivity (Wildman–Crippen MR) is 160 cm³/mol. The number of rotatable bonds is 5. The fourth-order valence-corrected chi connectivity index (χ4v) is 4.87. The predicted octanol–water partition coefficient (Wildman–Crippen LogP) is 5.94. The Morgan fingerprint density at radius 1 is 0.927 bits per heavy atom. The van der Waals surface area contributed by atoms with Gasteiger partial charge in [-0.2, -0.15) is 0 Å². The van der Waals surface area contributed by atoms with Crippen LogP contribution in [-0.4, -0.2) is 59.0 Å². The molecular weight excluding hydrogens is 542 g/mol. The van der Waals surface area contributed by atoms with Gasteiger partial charge in [0, 0.05) is 53.3 Å². The zero-order valence-corrected chi connectivity index (χ0v) is 24.7. The Kier molecular flexibility index (Phi) is 8.35. The molecule has 3 aromatic carbocycles. The van der Waals surface area contributed by atoms with Crippen LogP contribution in [-0.2, 0) is 11.2 Å². The Hall–Kier alpha value is -4.43. The molecule has 0 atom stereocenters. The number of para-hydroxylation sites is 1. The number of imide groups is 1. The zero-order valence-electron chi connectivity index (χ0n) is 23.9. The number of fused-ring (bicyclic) bond motifs is 1. The van der Waals surface area contributed by atoms with Gasteiger partial charge in [-0.25, -0.2) is 9.59 Å². The molecule has 0 aliphatic heterocycles. The highest BCUT2D eigenvalue weighted by atomic mass is 35.5. The zero-order chi connectivity index (χ0) is 30.1. The molecule has 0 aliphatic carbocycles. The summed E-state index contributed by atoms with van der Waals surface area (Å²) < 4.78 is 6.83. The minimum absolute atomic E-state index is 0.0918. The van der Waals surface area contributed by atoms with Crippen molar-refractivity contribution in [2.45, 2.75) is 32.7 Å². The van der Waals surface area contributed by atoms with Crippen molar-refractivity contribution in [2.75, 3.05) is 21.2 Å². The lowest BCUT2D eigenvalue weighted by molar-refractivity contribution is 0.0587. The number of hydrogen-bond donors (Lipinski definition) is 0. The van der Waals surface area contributed by atoms with Crippen LogP contribution in [0.15, 0.2) is 77.6 Å². The monoisotopic (exact) mass is 573 g/mol. The molecule has 0 fully saturated rings. The molecule has 0 saturated carbocycles. The highest BCUT2D eigenvalue weighted by Crippen LogP contribution is 2.27. The highest BCUT2D eigenvalue weighted by Gasteiger charge is 2.34. The van der Waals surface area contributed by atoms with Crippen molar-refractivity contribution in [3.05, 3.63) is 110 Å². The molecule has 4 rings (SSSR count). The third-order valence-corrected chi connectivity index (χ3v) is 6.89. The van der Waals surface area contributed by atoms with E-state index in [2.05, 4.69) is 0 Å². The second kappa shape index (κ2) is 11.6. The number of carbonyl (C=O) groups is 3. The van der Waals surface area contributed by atoms with Gasteiger partial charge < -0.3 is 14.2 Å². The quantitative estimate of drug-likeness (QED) is 0.276. The van der Waals surface area contributed by atoms with E-state index in [1.165, 1.54) is 16.9 Å². The second-order valence-corrected chi connectivity index (χ2v) is 11.3. The maximum absolute atomic E-state index is 13.8. The molecule has 0 N–H and O–H groups in total. The number of methoxy groups -OCH3 is 1. The Morgan fingerprint density at radius 2 is 1.56 bits per heavy atom. The van der Waals surface area contributed by atoms with Crippen LogP contribution >= 0.6 is 11.6 Å². The lowest BCUT2D eigenvalue weighted by Crippen LogP contribution is -2.53. The fourth-order valence-electron chi connectivity index (χ4n) is 4.70. The Labute approximate surface area is 243 Å². The summed E-state index contributed by atoms with van der Waals surface area (Å²) in [6.45, 7) is 5.37. The van der Waals surface area contributed by atoms with Crippen molar-refractivity contribution in [3.63, 3.8) is 0 Å². The molecule has 1 aromatic heterocycles. The molecule has 0 radical (unpaired) electrons. The van der Waals surface area contributed by atoms with Gasteiger partial charge >= 0.3 is 12.0 Å². The van der Waals surface area contributed by atoms with E-state index in [4.69, 9.17) is 16.3 Å². The Morgan fingerprint density at radius 3 is 2.12 bits per heavy atom. The third kappa shape index (κ3) is 5.88. The van der Waals surface area contributed by atoms with Crippen molar-refractivity contribution in [1.29, 1.82) is 0 Å². The van der Waals surface area contributed by atoms with Gasteiger partial charge in [0.25, 0.3) is 5.91 Å². The van der Waals surface area contributed by atoms with E-state index in [0.29, 0.717) is 32.7 Å². The number of esters is 1. The molecule has 0 bridgehead atoms. The van der Waals surface area contributed by atoms with Crippen LogP contribution in [0.2, 0.25) is 5.02 Å². The number of halogens is 1. The molecule has 3 amide bonds. The standard InChI is InChI=1S/C32H32ClN3O5/c1-32(2,3)36(31(40)34(4)5)29(38)21-14-12-20(13-15-21)18-25-27(30(39)41-6)35(23-10-8-7-9-11-23)26-19-22(33)16-17-24(26)28(25)37/h7-17,19H,18H2,1-6H3. The van der Waals surface area contributed by atoms with Crippen molar-refractivity contribution < 1.29 is 19.1 Å². The van der Waals surface area contributed by atoms with Gasteiger partial charge in [0.15, 0.2) is 5.43 Å². The van der Waals surface area contributed by atoms with Crippen molar-refractivity contribution in [1.82, 2.24) is 14.4 Å². The molecule has 0 aliphatic rings. The summed E-state index contributed by atoms with van der Waals surface area (Å²) in [5.41, 5.74) is 1.42. The van der Waals surface area contributed by atoms with Gasteiger partial charge in [0.05, 0.1) is 12.6 Å². The maximum atomic E-state index is 13.8. The maximum Gasteiger partial charge on any atom is 0.355 e. The number of urea groups is 1. The SMILES string of the molecule is COC(=O)c1c(Cc2ccc(C(=O)N(C(=O)N(C)C)C(C)(C)C)cc2)c(=O)c2ccc(Cl)cc2n1-c1ccccc1. The molecule has 0 unspecified atom stereocenters. The molecule has 9 heteroatoms. The average molecular weight is 574 g/mol. The fraction of sp³-hybridized carbons (Fsp3) is 0.250. The van der Waals surface area contributed by atoms with Crippen LogP contribution in [0.25, 0.3) is 16.6 Å². The van der Waals surface area contributed by atoms with Gasteiger partial charge in [-0.15, -0.1) is 0 Å². The van der Waals surface area contributed by atoms with Gasteiger partial charge in [-0.3, -0.25) is 14.5 Å². The number of carbonyl (C=O) groups excluding carboxylic acids is 3. The van der Waals surface area contributed by atoms with E-state index in [1.54, 1.807) is 81.9 Å². The van der Waals surface area contributed by atoms with Gasteiger partial charge in [-0.05, 0) is 68.8 Å². The Balaban J connectivity index is 1.85. The Bertz CT molecular complexity index is 1690. The minimum atomic E-state index is -0.747. The van der Waals surface area contributed by atoms with Crippen LogP contribution < -0.4 is 5.43 Å². The van der Waals surface area contributed by atoms with E-state index < -0.39 is 23.4 Å². The smallest absolute Gasteiger partial charge is 0.355 e. The summed E-state index contributed by atoms with van der Waals surface area (Å²) >= 11 is 6.31. The first-order chi connectivity index (χ1) is 19.3. The number of amides is 3. The molecule has 212 valence electrons. The summed E-state index contributed by atoms with van der Waals surface area (Å²) in [6.07, 6.45) is 0.1000. The minimum Gasteiger partial charge on any atom is -0.464 e. The van der Waals surface area contributed by atoms with E-state index in [-0.39, 0.29) is 23.1 Å². The van der Waals surface area contributed by atoms with Crippen LogP contribution in [0.5, 0.6) is 0 Å². The first-order valence-electron chi connectivity index (χ1n) is 13.0. The molecular formula is C32H32ClN3O5. The number of nitrogens with zero attached hydrogens (tertiary/aromatic N) is 3. The number of ether oxygens (including phenoxy) is 1. The third-order valence-electron chi connectivity index (χ3n) is 6.65. The van der Waals surface area contributed by atoms with Crippen LogP contribution in [0.1, 0.15) is 52.7 Å². The molecule has 0 spiro atoms. The van der Waals surface area contributed by atoms with Gasteiger partial charge in [0.2, 0.25) is 0 Å². The average Bonchev–Trinajstić information content (AvgIpc) is 2.93. The van der Waals surface area contributed by atoms with Crippen LogP contribution in [0, 0.1) is 0 Å².